The molecule has 0 spiro atoms. The Balaban J connectivity index is 1.64. The van der Waals surface area contributed by atoms with Crippen LogP contribution in [0.25, 0.3) is 5.69 Å². The van der Waals surface area contributed by atoms with Crippen LogP contribution in [0, 0.1) is 20.8 Å². The van der Waals surface area contributed by atoms with Gasteiger partial charge in [-0.2, -0.15) is 0 Å². The van der Waals surface area contributed by atoms with Crippen molar-refractivity contribution in [1.29, 1.82) is 0 Å². The number of amides is 2. The van der Waals surface area contributed by atoms with E-state index in [-0.39, 0.29) is 11.6 Å². The van der Waals surface area contributed by atoms with E-state index in [1.807, 2.05) is 39.0 Å². The van der Waals surface area contributed by atoms with E-state index in [9.17, 15) is 9.59 Å². The largest absolute Gasteiger partial charge is 0.326 e. The van der Waals surface area contributed by atoms with Crippen LogP contribution in [0.4, 0.5) is 11.4 Å². The first kappa shape index (κ1) is 25.3. The molecule has 9 nitrogen and oxygen atoms in total. The Hall–Kier alpha value is -3.76. The molecule has 2 heterocycles. The van der Waals surface area contributed by atoms with E-state index in [2.05, 4.69) is 30.9 Å². The number of aryl methyl sites for hydroxylation is 3. The maximum atomic E-state index is 13.2. The molecule has 0 fully saturated rings. The van der Waals surface area contributed by atoms with Crippen LogP contribution in [0.5, 0.6) is 0 Å². The molecule has 0 atom stereocenters. The van der Waals surface area contributed by atoms with E-state index in [0.717, 1.165) is 17.0 Å². The van der Waals surface area contributed by atoms with Gasteiger partial charge in [0, 0.05) is 40.5 Å². The Kier molecular flexibility index (Phi) is 7.66. The van der Waals surface area contributed by atoms with Crippen LogP contribution in [0.15, 0.2) is 53.7 Å². The maximum Gasteiger partial charge on any atom is 0.278 e. The summed E-state index contributed by atoms with van der Waals surface area (Å²) >= 11 is 7.74. The summed E-state index contributed by atoms with van der Waals surface area (Å²) in [6.07, 6.45) is 0. The van der Waals surface area contributed by atoms with Gasteiger partial charge in [0.05, 0.1) is 11.4 Å². The lowest BCUT2D eigenvalue weighted by Crippen LogP contribution is -2.15. The normalized spacial score (nSPS) is 10.8. The van der Waals surface area contributed by atoms with Crippen LogP contribution in [0.3, 0.4) is 0 Å². The highest BCUT2D eigenvalue weighted by atomic mass is 35.5. The topological polar surface area (TPSA) is 115 Å². The molecule has 36 heavy (non-hydrogen) atoms. The third-order valence-electron chi connectivity index (χ3n) is 5.14. The van der Waals surface area contributed by atoms with Crippen molar-refractivity contribution in [2.75, 3.05) is 10.6 Å². The van der Waals surface area contributed by atoms with Gasteiger partial charge in [-0.05, 0) is 68.8 Å². The van der Waals surface area contributed by atoms with E-state index in [4.69, 9.17) is 11.6 Å². The predicted octanol–water partition coefficient (Wildman–Crippen LogP) is 5.14. The third-order valence-corrected chi connectivity index (χ3v) is 6.41. The molecule has 184 valence electrons. The highest BCUT2D eigenvalue weighted by Crippen LogP contribution is 2.26. The number of anilines is 2. The zero-order valence-electron chi connectivity index (χ0n) is 20.2. The Morgan fingerprint density at radius 2 is 1.58 bits per heavy atom. The highest BCUT2D eigenvalue weighted by Gasteiger charge is 2.22. The van der Waals surface area contributed by atoms with Gasteiger partial charge in [0.15, 0.2) is 10.9 Å². The lowest BCUT2D eigenvalue weighted by molar-refractivity contribution is -0.114. The second-order valence-electron chi connectivity index (χ2n) is 8.16. The summed E-state index contributed by atoms with van der Waals surface area (Å²) in [5.41, 5.74) is 5.29. The third kappa shape index (κ3) is 6.07. The number of aromatic nitrogens is 5. The monoisotopic (exact) mass is 521 g/mol. The molecule has 0 radical (unpaired) electrons. The number of nitrogens with one attached hydrogen (secondary N) is 2. The molecule has 0 aliphatic heterocycles. The number of hydrogen-bond donors (Lipinski definition) is 2. The lowest BCUT2D eigenvalue weighted by Gasteiger charge is -2.10. The van der Waals surface area contributed by atoms with E-state index < -0.39 is 5.91 Å². The highest BCUT2D eigenvalue weighted by molar-refractivity contribution is 7.98. The van der Waals surface area contributed by atoms with Gasteiger partial charge in [-0.1, -0.05) is 34.6 Å². The Labute approximate surface area is 217 Å². The van der Waals surface area contributed by atoms with Gasteiger partial charge >= 0.3 is 0 Å². The molecule has 2 aromatic heterocycles. The molecule has 11 heteroatoms. The molecule has 2 amide bonds. The molecule has 4 aromatic rings. The molecule has 0 unspecified atom stereocenters. The zero-order chi connectivity index (χ0) is 25.8. The van der Waals surface area contributed by atoms with E-state index in [1.165, 1.54) is 18.7 Å². The number of benzene rings is 2. The van der Waals surface area contributed by atoms with Gasteiger partial charge in [-0.25, -0.2) is 14.6 Å². The average Bonchev–Trinajstić information content (AvgIpc) is 3.24. The fourth-order valence-corrected chi connectivity index (χ4v) is 4.57. The van der Waals surface area contributed by atoms with Crippen LogP contribution in [0.2, 0.25) is 5.02 Å². The van der Waals surface area contributed by atoms with Crippen molar-refractivity contribution >= 4 is 46.6 Å². The number of halogens is 1. The van der Waals surface area contributed by atoms with Gasteiger partial charge in [-0.3, -0.25) is 9.59 Å². The zero-order valence-corrected chi connectivity index (χ0v) is 21.7. The predicted molar refractivity (Wildman–Crippen MR) is 141 cm³/mol. The fourth-order valence-electron chi connectivity index (χ4n) is 3.45. The second-order valence-corrected chi connectivity index (χ2v) is 9.51. The summed E-state index contributed by atoms with van der Waals surface area (Å²) in [5, 5.41) is 15.2. The van der Waals surface area contributed by atoms with Crippen molar-refractivity contribution in [3.63, 3.8) is 0 Å². The molecule has 2 aromatic carbocycles. The quantitative estimate of drug-likeness (QED) is 0.255. The summed E-state index contributed by atoms with van der Waals surface area (Å²) in [6, 6.07) is 14.3. The molecule has 0 aliphatic carbocycles. The van der Waals surface area contributed by atoms with Crippen LogP contribution < -0.4 is 10.6 Å². The van der Waals surface area contributed by atoms with Crippen molar-refractivity contribution < 1.29 is 9.59 Å². The summed E-state index contributed by atoms with van der Waals surface area (Å²) in [5.74, 6) is -0.232. The van der Waals surface area contributed by atoms with E-state index in [0.29, 0.717) is 38.7 Å². The van der Waals surface area contributed by atoms with E-state index >= 15 is 0 Å². The summed E-state index contributed by atoms with van der Waals surface area (Å²) in [7, 11) is 0. The van der Waals surface area contributed by atoms with Crippen LogP contribution in [0.1, 0.15) is 40.1 Å². The molecule has 4 rings (SSSR count). The van der Waals surface area contributed by atoms with Gasteiger partial charge in [0.1, 0.15) is 0 Å². The molecular formula is C25H24ClN7O2S. The van der Waals surface area contributed by atoms with Crippen molar-refractivity contribution in [3.05, 3.63) is 81.9 Å². The summed E-state index contributed by atoms with van der Waals surface area (Å²) in [4.78, 5) is 33.4. The van der Waals surface area contributed by atoms with Gasteiger partial charge in [-0.15, -0.1) is 5.10 Å². The standard InChI is InChI=1S/C25H24ClN7O2S/c1-14-5-10-20(12-21(14)26)33-22(13-36-25-27-15(2)11-16(3)28-25)23(31-32-33)24(35)30-19-8-6-18(7-9-19)29-17(4)34/h5-12H,13H2,1-4H3,(H,29,34)(H,30,35). The Morgan fingerprint density at radius 3 is 2.19 bits per heavy atom. The SMILES string of the molecule is CC(=O)Nc1ccc(NC(=O)c2nnn(-c3ccc(C)c(Cl)c3)c2CSc2nc(C)cc(C)n2)cc1. The first-order chi connectivity index (χ1) is 17.2. The average molecular weight is 522 g/mol. The van der Waals surface area contributed by atoms with Gasteiger partial charge < -0.3 is 10.6 Å². The molecule has 0 saturated carbocycles. The van der Waals surface area contributed by atoms with Crippen molar-refractivity contribution in [1.82, 2.24) is 25.0 Å². The molecule has 0 bridgehead atoms. The molecule has 0 aliphatic rings. The fraction of sp³-hybridized carbons (Fsp3) is 0.200. The number of carbonyl (C=O) groups excluding carboxylic acids is 2. The smallest absolute Gasteiger partial charge is 0.278 e. The molecular weight excluding hydrogens is 498 g/mol. The number of carbonyl (C=O) groups is 2. The Bertz CT molecular complexity index is 1420. The first-order valence-electron chi connectivity index (χ1n) is 11.0. The van der Waals surface area contributed by atoms with E-state index in [1.54, 1.807) is 35.0 Å². The number of hydrogen-bond acceptors (Lipinski definition) is 7. The van der Waals surface area contributed by atoms with Gasteiger partial charge in [0.2, 0.25) is 5.91 Å². The minimum absolute atomic E-state index is 0.172. The van der Waals surface area contributed by atoms with Crippen molar-refractivity contribution in [3.8, 4) is 5.69 Å². The van der Waals surface area contributed by atoms with Crippen molar-refractivity contribution in [2.45, 2.75) is 38.6 Å². The molecule has 0 saturated heterocycles. The Morgan fingerprint density at radius 1 is 0.944 bits per heavy atom. The number of nitrogens with zero attached hydrogens (tertiary/aromatic N) is 5. The minimum atomic E-state index is -0.413. The minimum Gasteiger partial charge on any atom is -0.326 e. The van der Waals surface area contributed by atoms with Crippen molar-refractivity contribution in [2.24, 2.45) is 0 Å². The molecule has 2 N–H and O–H groups in total. The summed E-state index contributed by atoms with van der Waals surface area (Å²) in [6.45, 7) is 7.17. The van der Waals surface area contributed by atoms with Crippen LogP contribution in [-0.4, -0.2) is 36.8 Å². The number of rotatable bonds is 7. The van der Waals surface area contributed by atoms with Gasteiger partial charge in [0.25, 0.3) is 5.91 Å². The first-order valence-corrected chi connectivity index (χ1v) is 12.4. The second kappa shape index (κ2) is 10.9. The number of thioether (sulfide) groups is 1. The van der Waals surface area contributed by atoms with Crippen LogP contribution >= 0.6 is 23.4 Å². The van der Waals surface area contributed by atoms with Crippen LogP contribution in [-0.2, 0) is 10.5 Å². The summed E-state index contributed by atoms with van der Waals surface area (Å²) < 4.78 is 1.61. The maximum absolute atomic E-state index is 13.2. The lowest BCUT2D eigenvalue weighted by atomic mass is 10.2.